The molecule has 19 heavy (non-hydrogen) atoms. The number of ether oxygens (including phenoxy) is 1. The van der Waals surface area contributed by atoms with Gasteiger partial charge >= 0.3 is 13.6 Å². The minimum Gasteiger partial charge on any atom is -0.494 e. The lowest BCUT2D eigenvalue weighted by molar-refractivity contribution is -0.136. The third-order valence-corrected chi connectivity index (χ3v) is 3.55. The first kappa shape index (κ1) is 15.7. The number of carbonyl (C=O) groups is 1. The maximum absolute atomic E-state index is 11.2. The highest BCUT2D eigenvalue weighted by molar-refractivity contribution is 7.52. The molecule has 1 rings (SSSR count). The van der Waals surface area contributed by atoms with Gasteiger partial charge in [0.15, 0.2) is 0 Å². The van der Waals surface area contributed by atoms with Gasteiger partial charge in [0.05, 0.1) is 13.2 Å². The van der Waals surface area contributed by atoms with Crippen LogP contribution in [0.4, 0.5) is 0 Å². The van der Waals surface area contributed by atoms with E-state index in [0.29, 0.717) is 5.75 Å². The van der Waals surface area contributed by atoms with Crippen LogP contribution in [-0.2, 0) is 9.36 Å². The van der Waals surface area contributed by atoms with Gasteiger partial charge in [-0.25, -0.2) is 0 Å². The molecule has 8 heteroatoms. The van der Waals surface area contributed by atoms with Gasteiger partial charge in [-0.2, -0.15) is 0 Å². The van der Waals surface area contributed by atoms with Crippen molar-refractivity contribution in [2.75, 3.05) is 13.2 Å². The number of carboxylic acids is 1. The number of rotatable bonds is 8. The van der Waals surface area contributed by atoms with Crippen molar-refractivity contribution in [1.29, 1.82) is 0 Å². The molecule has 0 amide bonds. The van der Waals surface area contributed by atoms with E-state index in [1.54, 1.807) is 24.3 Å². The zero-order valence-electron chi connectivity index (χ0n) is 10.1. The number of para-hydroxylation sites is 1. The molecular formula is C11H16NO6P. The van der Waals surface area contributed by atoms with Crippen LogP contribution in [0.2, 0.25) is 0 Å². The van der Waals surface area contributed by atoms with Crippen molar-refractivity contribution in [2.45, 2.75) is 12.2 Å². The van der Waals surface area contributed by atoms with Gasteiger partial charge in [0.2, 0.25) is 0 Å². The molecule has 0 heterocycles. The molecule has 0 radical (unpaired) electrons. The number of hydrogen-bond donors (Lipinski definition) is 4. The van der Waals surface area contributed by atoms with Crippen molar-refractivity contribution in [2.24, 2.45) is 0 Å². The van der Waals surface area contributed by atoms with Crippen LogP contribution < -0.4 is 10.1 Å². The summed E-state index contributed by atoms with van der Waals surface area (Å²) in [5.41, 5.74) is 0. The predicted octanol–water partition coefficient (Wildman–Crippen LogP) is 0.633. The minimum atomic E-state index is -4.41. The highest BCUT2D eigenvalue weighted by atomic mass is 31.2. The molecule has 4 N–H and O–H groups in total. The van der Waals surface area contributed by atoms with Gasteiger partial charge in [-0.05, 0) is 12.1 Å². The number of aliphatic carboxylic acids is 1. The van der Waals surface area contributed by atoms with E-state index in [-0.39, 0.29) is 13.0 Å². The van der Waals surface area contributed by atoms with Gasteiger partial charge < -0.3 is 19.6 Å². The van der Waals surface area contributed by atoms with Gasteiger partial charge in [0.25, 0.3) is 0 Å². The molecule has 7 nitrogen and oxygen atoms in total. The van der Waals surface area contributed by atoms with Gasteiger partial charge in [0, 0.05) is 6.42 Å². The summed E-state index contributed by atoms with van der Waals surface area (Å²) in [6.45, 7) is -0.437. The van der Waals surface area contributed by atoms with E-state index >= 15 is 0 Å². The minimum absolute atomic E-state index is 0.00640. The van der Waals surface area contributed by atoms with E-state index < -0.39 is 25.9 Å². The summed E-state index contributed by atoms with van der Waals surface area (Å²) in [6.07, 6.45) is 0.00640. The van der Waals surface area contributed by atoms with Crippen LogP contribution in [0, 0.1) is 0 Å². The Balaban J connectivity index is 2.45. The summed E-state index contributed by atoms with van der Waals surface area (Å²) >= 11 is 0. The largest absolute Gasteiger partial charge is 0.494 e. The van der Waals surface area contributed by atoms with Gasteiger partial charge in [0.1, 0.15) is 11.5 Å². The first-order valence-electron chi connectivity index (χ1n) is 5.58. The molecule has 0 aliphatic rings. The maximum atomic E-state index is 11.2. The monoisotopic (exact) mass is 289 g/mol. The molecule has 106 valence electrons. The molecule has 1 atom stereocenters. The fraction of sp³-hybridized carbons (Fsp3) is 0.364. The second kappa shape index (κ2) is 7.25. The molecule has 1 aromatic rings. The Morgan fingerprint density at radius 3 is 2.47 bits per heavy atom. The molecule has 0 saturated heterocycles. The summed E-state index contributed by atoms with van der Waals surface area (Å²) in [5, 5.41) is 10.8. The Bertz CT molecular complexity index is 446. The highest BCUT2D eigenvalue weighted by Gasteiger charge is 2.28. The smallest absolute Gasteiger partial charge is 0.342 e. The lowest BCUT2D eigenvalue weighted by Gasteiger charge is -2.19. The highest BCUT2D eigenvalue weighted by Crippen LogP contribution is 2.41. The third-order valence-electron chi connectivity index (χ3n) is 2.30. The molecule has 0 bridgehead atoms. The van der Waals surface area contributed by atoms with Crippen LogP contribution in [0.1, 0.15) is 6.42 Å². The topological polar surface area (TPSA) is 116 Å². The SMILES string of the molecule is O=C(O)CNC(CCOc1ccccc1)P(=O)(O)O. The van der Waals surface area contributed by atoms with E-state index in [9.17, 15) is 9.36 Å². The van der Waals surface area contributed by atoms with Gasteiger partial charge in [-0.1, -0.05) is 18.2 Å². The lowest BCUT2D eigenvalue weighted by Crippen LogP contribution is -2.34. The summed E-state index contributed by atoms with van der Waals surface area (Å²) in [6, 6.07) is 8.81. The van der Waals surface area contributed by atoms with Crippen molar-refractivity contribution in [3.05, 3.63) is 30.3 Å². The van der Waals surface area contributed by atoms with Crippen LogP contribution in [-0.4, -0.2) is 39.8 Å². The normalized spacial score (nSPS) is 12.9. The van der Waals surface area contributed by atoms with Crippen molar-refractivity contribution >= 4 is 13.6 Å². The molecule has 1 aromatic carbocycles. The van der Waals surface area contributed by atoms with E-state index in [0.717, 1.165) is 0 Å². The summed E-state index contributed by atoms with van der Waals surface area (Å²) in [7, 11) is -4.41. The quantitative estimate of drug-likeness (QED) is 0.519. The fourth-order valence-corrected chi connectivity index (χ4v) is 2.17. The molecule has 0 saturated carbocycles. The van der Waals surface area contributed by atoms with Gasteiger partial charge in [-0.15, -0.1) is 0 Å². The summed E-state index contributed by atoms with van der Waals surface area (Å²) in [4.78, 5) is 28.6. The van der Waals surface area contributed by atoms with Crippen LogP contribution in [0.3, 0.4) is 0 Å². The average molecular weight is 289 g/mol. The van der Waals surface area contributed by atoms with Crippen LogP contribution >= 0.6 is 7.60 Å². The Morgan fingerprint density at radius 1 is 1.32 bits per heavy atom. The predicted molar refractivity (Wildman–Crippen MR) is 68.0 cm³/mol. The second-order valence-corrected chi connectivity index (χ2v) is 5.63. The van der Waals surface area contributed by atoms with Crippen molar-refractivity contribution < 1.29 is 29.0 Å². The maximum Gasteiger partial charge on any atom is 0.342 e. The summed E-state index contributed by atoms with van der Waals surface area (Å²) in [5.74, 6) is -1.82. The first-order chi connectivity index (χ1) is 8.89. The second-order valence-electron chi connectivity index (χ2n) is 3.83. The van der Waals surface area contributed by atoms with E-state index in [1.807, 2.05) is 6.07 Å². The Morgan fingerprint density at radius 2 is 1.95 bits per heavy atom. The summed E-state index contributed by atoms with van der Waals surface area (Å²) < 4.78 is 16.5. The molecular weight excluding hydrogens is 273 g/mol. The van der Waals surface area contributed by atoms with Crippen LogP contribution in [0.15, 0.2) is 30.3 Å². The number of benzene rings is 1. The number of carboxylic acid groups (broad SMARTS) is 1. The number of hydrogen-bond acceptors (Lipinski definition) is 4. The van der Waals surface area contributed by atoms with E-state index in [4.69, 9.17) is 19.6 Å². The average Bonchev–Trinajstić information content (AvgIpc) is 2.33. The van der Waals surface area contributed by atoms with Crippen LogP contribution in [0.5, 0.6) is 5.75 Å². The molecule has 0 aliphatic heterocycles. The standard InChI is InChI=1S/C11H16NO6P/c13-11(14)8-12-10(19(15,16)17)6-7-18-9-4-2-1-3-5-9/h1-5,10,12H,6-8H2,(H,13,14)(H2,15,16,17). The fourth-order valence-electron chi connectivity index (χ4n) is 1.40. The molecule has 0 aliphatic carbocycles. The zero-order chi connectivity index (χ0) is 14.3. The zero-order valence-corrected chi connectivity index (χ0v) is 11.0. The van der Waals surface area contributed by atoms with Crippen molar-refractivity contribution in [3.8, 4) is 5.75 Å². The van der Waals surface area contributed by atoms with Crippen LogP contribution in [0.25, 0.3) is 0 Å². The Labute approximate surface area is 110 Å². The lowest BCUT2D eigenvalue weighted by atomic mass is 10.3. The molecule has 0 spiro atoms. The van der Waals surface area contributed by atoms with Crippen molar-refractivity contribution in [1.82, 2.24) is 5.32 Å². The molecule has 0 fully saturated rings. The Hall–Kier alpha value is -1.40. The first-order valence-corrected chi connectivity index (χ1v) is 7.26. The molecule has 0 aromatic heterocycles. The third kappa shape index (κ3) is 6.35. The Kier molecular flexibility index (Phi) is 5.98. The van der Waals surface area contributed by atoms with E-state index in [1.165, 1.54) is 0 Å². The van der Waals surface area contributed by atoms with E-state index in [2.05, 4.69) is 5.32 Å². The van der Waals surface area contributed by atoms with Crippen molar-refractivity contribution in [3.63, 3.8) is 0 Å². The number of nitrogens with one attached hydrogen (secondary N) is 1. The molecule has 1 unspecified atom stereocenters. The van der Waals surface area contributed by atoms with Gasteiger partial charge in [-0.3, -0.25) is 14.7 Å².